The monoisotopic (exact) mass is 212 g/mol. The molecule has 0 saturated heterocycles. The number of hydrogen-bond donors (Lipinski definition) is 3. The zero-order chi connectivity index (χ0) is 11.3. The Kier molecular flexibility index (Phi) is 4.33. The molecule has 1 rings (SSSR count). The fourth-order valence-corrected chi connectivity index (χ4v) is 1.14. The van der Waals surface area contributed by atoms with Gasteiger partial charge in [-0.05, 0) is 18.6 Å². The van der Waals surface area contributed by atoms with Crippen LogP contribution in [-0.4, -0.2) is 23.7 Å². The molecule has 1 unspecified atom stereocenters. The molecule has 0 spiro atoms. The summed E-state index contributed by atoms with van der Waals surface area (Å²) in [7, 11) is 0. The van der Waals surface area contributed by atoms with E-state index < -0.39 is 0 Å². The summed E-state index contributed by atoms with van der Waals surface area (Å²) in [6, 6.07) is 3.00. The van der Waals surface area contributed by atoms with E-state index >= 15 is 0 Å². The van der Waals surface area contributed by atoms with E-state index in [9.17, 15) is 4.79 Å². The average molecular weight is 212 g/mol. The first-order valence-corrected chi connectivity index (χ1v) is 4.91. The van der Waals surface area contributed by atoms with Gasteiger partial charge in [0.25, 0.3) is 5.91 Å². The second kappa shape index (κ2) is 5.53. The third kappa shape index (κ3) is 3.07. The summed E-state index contributed by atoms with van der Waals surface area (Å²) in [6.07, 6.45) is 0.673. The molecule has 0 radical (unpaired) electrons. The molecule has 0 bridgehead atoms. The number of aliphatic hydroxyl groups is 1. The lowest BCUT2D eigenvalue weighted by Gasteiger charge is -2.12. The summed E-state index contributed by atoms with van der Waals surface area (Å²) < 4.78 is 5.17. The molecule has 4 N–H and O–H groups in total. The van der Waals surface area contributed by atoms with Gasteiger partial charge in [0, 0.05) is 0 Å². The summed E-state index contributed by atoms with van der Waals surface area (Å²) in [4.78, 5) is 11.5. The fourth-order valence-electron chi connectivity index (χ4n) is 1.14. The quantitative estimate of drug-likeness (QED) is 0.652. The Morgan fingerprint density at radius 3 is 2.87 bits per heavy atom. The molecule has 0 aromatic carbocycles. The Hall–Kier alpha value is -1.33. The molecule has 15 heavy (non-hydrogen) atoms. The van der Waals surface area contributed by atoms with Crippen molar-refractivity contribution >= 4 is 5.91 Å². The zero-order valence-electron chi connectivity index (χ0n) is 8.69. The van der Waals surface area contributed by atoms with Gasteiger partial charge in [-0.3, -0.25) is 4.79 Å². The van der Waals surface area contributed by atoms with Crippen molar-refractivity contribution in [3.63, 3.8) is 0 Å². The van der Waals surface area contributed by atoms with Crippen LogP contribution in [-0.2, 0) is 6.54 Å². The molecule has 1 heterocycles. The van der Waals surface area contributed by atoms with E-state index in [4.69, 9.17) is 15.3 Å². The smallest absolute Gasteiger partial charge is 0.287 e. The number of aliphatic hydroxyl groups excluding tert-OH is 1. The normalized spacial score (nSPS) is 12.5. The highest BCUT2D eigenvalue weighted by molar-refractivity contribution is 5.91. The molecule has 5 nitrogen and oxygen atoms in total. The van der Waals surface area contributed by atoms with Gasteiger partial charge in [0.1, 0.15) is 5.76 Å². The summed E-state index contributed by atoms with van der Waals surface area (Å²) in [6.45, 7) is 2.08. The summed E-state index contributed by atoms with van der Waals surface area (Å²) in [5.74, 6) is 0.468. The van der Waals surface area contributed by atoms with Crippen LogP contribution in [0.25, 0.3) is 0 Å². The molecule has 0 aliphatic carbocycles. The predicted octanol–water partition coefficient (Wildman–Crippen LogP) is 0.239. The second-order valence-electron chi connectivity index (χ2n) is 3.23. The van der Waals surface area contributed by atoms with Crippen molar-refractivity contribution in [1.29, 1.82) is 0 Å². The lowest BCUT2D eigenvalue weighted by Crippen LogP contribution is -2.36. The number of amides is 1. The number of carbonyl (C=O) groups is 1. The Labute approximate surface area is 88.3 Å². The molecular formula is C10H16N2O3. The van der Waals surface area contributed by atoms with Crippen LogP contribution in [0.15, 0.2) is 16.5 Å². The van der Waals surface area contributed by atoms with Gasteiger partial charge in [0.05, 0.1) is 19.2 Å². The molecular weight excluding hydrogens is 196 g/mol. The maximum Gasteiger partial charge on any atom is 0.287 e. The average Bonchev–Trinajstić information content (AvgIpc) is 2.74. The van der Waals surface area contributed by atoms with Gasteiger partial charge in [-0.2, -0.15) is 0 Å². The first kappa shape index (κ1) is 11.7. The van der Waals surface area contributed by atoms with Crippen LogP contribution in [0.5, 0.6) is 0 Å². The molecule has 1 amide bonds. The van der Waals surface area contributed by atoms with Crippen LogP contribution in [0.2, 0.25) is 0 Å². The molecule has 84 valence electrons. The fraction of sp³-hybridized carbons (Fsp3) is 0.500. The van der Waals surface area contributed by atoms with Gasteiger partial charge in [0.15, 0.2) is 5.76 Å². The van der Waals surface area contributed by atoms with Crippen molar-refractivity contribution in [2.75, 3.05) is 6.61 Å². The van der Waals surface area contributed by atoms with Gasteiger partial charge in [-0.15, -0.1) is 0 Å². The third-order valence-corrected chi connectivity index (χ3v) is 2.14. The van der Waals surface area contributed by atoms with Crippen LogP contribution in [0.1, 0.15) is 29.7 Å². The highest BCUT2D eigenvalue weighted by atomic mass is 16.4. The standard InChI is InChI=1S/C10H16N2O3/c1-2-7(6-13)12-10(14)9-4-3-8(5-11)15-9/h3-4,7,13H,2,5-6,11H2,1H3,(H,12,14). The van der Waals surface area contributed by atoms with E-state index in [2.05, 4.69) is 5.32 Å². The van der Waals surface area contributed by atoms with Crippen LogP contribution in [0.4, 0.5) is 0 Å². The maximum atomic E-state index is 11.5. The summed E-state index contributed by atoms with van der Waals surface area (Å²) >= 11 is 0. The van der Waals surface area contributed by atoms with E-state index in [0.717, 1.165) is 0 Å². The van der Waals surface area contributed by atoms with Crippen LogP contribution in [0.3, 0.4) is 0 Å². The molecule has 1 aromatic heterocycles. The summed E-state index contributed by atoms with van der Waals surface area (Å²) in [5, 5.41) is 11.6. The zero-order valence-corrected chi connectivity index (χ0v) is 8.69. The van der Waals surface area contributed by atoms with Crippen molar-refractivity contribution < 1.29 is 14.3 Å². The highest BCUT2D eigenvalue weighted by Gasteiger charge is 2.14. The van der Waals surface area contributed by atoms with E-state index in [1.807, 2.05) is 6.92 Å². The topological polar surface area (TPSA) is 88.5 Å². The van der Waals surface area contributed by atoms with Crippen LogP contribution in [0, 0.1) is 0 Å². The van der Waals surface area contributed by atoms with E-state index in [1.165, 1.54) is 0 Å². The largest absolute Gasteiger partial charge is 0.455 e. The SMILES string of the molecule is CCC(CO)NC(=O)c1ccc(CN)o1. The third-order valence-electron chi connectivity index (χ3n) is 2.14. The van der Waals surface area contributed by atoms with Crippen molar-refractivity contribution in [2.24, 2.45) is 5.73 Å². The maximum absolute atomic E-state index is 11.5. The minimum absolute atomic E-state index is 0.0767. The van der Waals surface area contributed by atoms with Gasteiger partial charge < -0.3 is 20.6 Å². The van der Waals surface area contributed by atoms with Crippen molar-refractivity contribution in [3.05, 3.63) is 23.7 Å². The minimum atomic E-state index is -0.324. The second-order valence-corrected chi connectivity index (χ2v) is 3.23. The van der Waals surface area contributed by atoms with E-state index in [0.29, 0.717) is 12.2 Å². The number of carbonyl (C=O) groups excluding carboxylic acids is 1. The number of nitrogens with two attached hydrogens (primary N) is 1. The molecule has 0 fully saturated rings. The van der Waals surface area contributed by atoms with Gasteiger partial charge in [0.2, 0.25) is 0 Å². The highest BCUT2D eigenvalue weighted by Crippen LogP contribution is 2.07. The van der Waals surface area contributed by atoms with Gasteiger partial charge >= 0.3 is 0 Å². The number of hydrogen-bond acceptors (Lipinski definition) is 4. The Bertz CT molecular complexity index is 318. The lowest BCUT2D eigenvalue weighted by molar-refractivity contribution is 0.0885. The molecule has 0 saturated carbocycles. The number of nitrogens with one attached hydrogen (secondary N) is 1. The van der Waals surface area contributed by atoms with Crippen molar-refractivity contribution in [3.8, 4) is 0 Å². The number of furan rings is 1. The Morgan fingerprint density at radius 2 is 2.40 bits per heavy atom. The van der Waals surface area contributed by atoms with E-state index in [1.54, 1.807) is 12.1 Å². The van der Waals surface area contributed by atoms with Gasteiger partial charge in [-0.25, -0.2) is 0 Å². The molecule has 0 aliphatic rings. The van der Waals surface area contributed by atoms with E-state index in [-0.39, 0.29) is 30.9 Å². The van der Waals surface area contributed by atoms with Crippen molar-refractivity contribution in [1.82, 2.24) is 5.32 Å². The first-order chi connectivity index (χ1) is 7.21. The first-order valence-electron chi connectivity index (χ1n) is 4.91. The molecule has 1 atom stereocenters. The summed E-state index contributed by atoms with van der Waals surface area (Å²) in [5.41, 5.74) is 5.35. The Morgan fingerprint density at radius 1 is 1.67 bits per heavy atom. The molecule has 5 heteroatoms. The molecule has 0 aliphatic heterocycles. The molecule has 1 aromatic rings. The number of rotatable bonds is 5. The Balaban J connectivity index is 2.60. The van der Waals surface area contributed by atoms with Crippen LogP contribution >= 0.6 is 0 Å². The van der Waals surface area contributed by atoms with Crippen LogP contribution < -0.4 is 11.1 Å². The van der Waals surface area contributed by atoms with Gasteiger partial charge in [-0.1, -0.05) is 6.92 Å². The predicted molar refractivity (Wildman–Crippen MR) is 55.2 cm³/mol. The van der Waals surface area contributed by atoms with Crippen molar-refractivity contribution in [2.45, 2.75) is 25.9 Å². The lowest BCUT2D eigenvalue weighted by atomic mass is 10.2. The minimum Gasteiger partial charge on any atom is -0.455 e.